The maximum Gasteiger partial charge on any atom is 0.308 e. The van der Waals surface area contributed by atoms with E-state index in [1.165, 1.54) is 20.2 Å². The third kappa shape index (κ3) is 9.71. The van der Waals surface area contributed by atoms with Gasteiger partial charge in [-0.05, 0) is 66.5 Å². The Hall–Kier alpha value is -4.57. The molecule has 4 aromatic rings. The van der Waals surface area contributed by atoms with Crippen molar-refractivity contribution in [3.8, 4) is 11.5 Å². The summed E-state index contributed by atoms with van der Waals surface area (Å²) in [6.45, 7) is 21.2. The number of aromatic nitrogens is 4. The number of halogens is 1. The van der Waals surface area contributed by atoms with Gasteiger partial charge in [0, 0.05) is 54.8 Å². The van der Waals surface area contributed by atoms with Crippen LogP contribution in [-0.4, -0.2) is 31.9 Å². The molecule has 2 heterocycles. The fraction of sp³-hybridized carbons (Fsp3) is 0.371. The van der Waals surface area contributed by atoms with Gasteiger partial charge >= 0.3 is 11.9 Å². The summed E-state index contributed by atoms with van der Waals surface area (Å²) < 4.78 is 10.9. The molecular weight excluding hydrogens is 604 g/mol. The molecule has 0 saturated carbocycles. The molecule has 0 radical (unpaired) electrons. The van der Waals surface area contributed by atoms with E-state index in [0.29, 0.717) is 28.3 Å². The van der Waals surface area contributed by atoms with Gasteiger partial charge in [-0.3, -0.25) is 14.6 Å². The van der Waals surface area contributed by atoms with Crippen molar-refractivity contribution in [1.82, 2.24) is 19.9 Å². The Labute approximate surface area is 276 Å². The Kier molecular flexibility index (Phi) is 11.5. The van der Waals surface area contributed by atoms with Crippen molar-refractivity contribution in [3.05, 3.63) is 82.2 Å². The minimum absolute atomic E-state index is 0.216. The lowest BCUT2D eigenvalue weighted by molar-refractivity contribution is -0.133. The molecule has 0 aliphatic rings. The van der Waals surface area contributed by atoms with Crippen molar-refractivity contribution in [2.24, 2.45) is 0 Å². The Balaban J connectivity index is 0.000000259. The van der Waals surface area contributed by atoms with Gasteiger partial charge in [-0.2, -0.15) is 0 Å². The lowest BCUT2D eigenvalue weighted by atomic mass is 9.79. The van der Waals surface area contributed by atoms with E-state index in [9.17, 15) is 9.59 Å². The molecule has 0 amide bonds. The highest BCUT2D eigenvalue weighted by Crippen LogP contribution is 2.42. The summed E-state index contributed by atoms with van der Waals surface area (Å²) in [4.78, 5) is 39.2. The summed E-state index contributed by atoms with van der Waals surface area (Å²) in [5.74, 6) is 1.89. The van der Waals surface area contributed by atoms with Gasteiger partial charge in [0.05, 0.1) is 6.20 Å². The van der Waals surface area contributed by atoms with E-state index in [0.717, 1.165) is 39.2 Å². The molecule has 46 heavy (non-hydrogen) atoms. The van der Waals surface area contributed by atoms with Crippen molar-refractivity contribution in [3.63, 3.8) is 0 Å². The number of carbonyl (C=O) groups excluding carboxylic acids is 2. The SMILES string of the molecule is CC(=O)Oc1c(C(C)(C)C)cc(Nc2cc(Cl)ncn2)cc1C(C)(C)C.CC(=O)Oc1c(C)cc(Nc2cnccn2)c(C)c1C. The number of aryl methyl sites for hydroxylation is 1. The van der Waals surface area contributed by atoms with Crippen LogP contribution in [0.2, 0.25) is 5.15 Å². The van der Waals surface area contributed by atoms with Crippen molar-refractivity contribution < 1.29 is 19.1 Å². The van der Waals surface area contributed by atoms with Gasteiger partial charge in [-0.1, -0.05) is 53.1 Å². The lowest BCUT2D eigenvalue weighted by Crippen LogP contribution is -2.21. The van der Waals surface area contributed by atoms with Crippen LogP contribution in [0.25, 0.3) is 0 Å². The van der Waals surface area contributed by atoms with Gasteiger partial charge in [0.2, 0.25) is 0 Å². The molecule has 0 saturated heterocycles. The number of nitrogens with zero attached hydrogens (tertiary/aromatic N) is 4. The Morgan fingerprint density at radius 3 is 1.80 bits per heavy atom. The van der Waals surface area contributed by atoms with Gasteiger partial charge in [-0.15, -0.1) is 0 Å². The number of hydrogen-bond donors (Lipinski definition) is 2. The van der Waals surface area contributed by atoms with Crippen molar-refractivity contribution >= 4 is 46.6 Å². The summed E-state index contributed by atoms with van der Waals surface area (Å²) in [5, 5.41) is 6.86. The normalized spacial score (nSPS) is 11.2. The first-order chi connectivity index (χ1) is 21.4. The Morgan fingerprint density at radius 1 is 0.717 bits per heavy atom. The van der Waals surface area contributed by atoms with Crippen LogP contribution < -0.4 is 20.1 Å². The quantitative estimate of drug-likeness (QED) is 0.120. The standard InChI is InChI=1S/C20H26ClN3O2.C15H17N3O2/c1-12(25)26-18-14(19(2,3)4)8-13(9-15(18)20(5,6)7)24-17-10-16(21)22-11-23-17;1-9-7-13(18-14-8-16-5-6-17-14)10(2)11(3)15(9)20-12(4)19/h8-11H,1-7H3,(H,22,23,24);5-8H,1-4H3,(H,17,18). The summed E-state index contributed by atoms with van der Waals surface area (Å²) in [5.41, 5.74) is 6.09. The predicted octanol–water partition coefficient (Wildman–Crippen LogP) is 8.46. The number of nitrogens with one attached hydrogen (secondary N) is 2. The second-order valence-corrected chi connectivity index (χ2v) is 13.4. The number of anilines is 4. The zero-order valence-electron chi connectivity index (χ0n) is 28.4. The second-order valence-electron chi connectivity index (χ2n) is 13.0. The van der Waals surface area contributed by atoms with Crippen molar-refractivity contribution in [2.75, 3.05) is 10.6 Å². The van der Waals surface area contributed by atoms with E-state index in [-0.39, 0.29) is 22.8 Å². The highest BCUT2D eigenvalue weighted by atomic mass is 35.5. The van der Waals surface area contributed by atoms with Gasteiger partial charge in [-0.25, -0.2) is 15.0 Å². The first-order valence-electron chi connectivity index (χ1n) is 14.8. The van der Waals surface area contributed by atoms with Crippen molar-refractivity contribution in [2.45, 2.75) is 87.0 Å². The molecule has 0 bridgehead atoms. The first-order valence-corrected chi connectivity index (χ1v) is 15.2. The molecule has 0 aliphatic heterocycles. The summed E-state index contributed by atoms with van der Waals surface area (Å²) in [6, 6.07) is 7.58. The molecule has 244 valence electrons. The fourth-order valence-corrected chi connectivity index (χ4v) is 4.76. The monoisotopic (exact) mass is 646 g/mol. The molecule has 0 spiro atoms. The van der Waals surface area contributed by atoms with E-state index in [1.807, 2.05) is 39.0 Å². The number of rotatable bonds is 6. The van der Waals surface area contributed by atoms with E-state index < -0.39 is 0 Å². The Bertz CT molecular complexity index is 1680. The van der Waals surface area contributed by atoms with Gasteiger partial charge in [0.25, 0.3) is 0 Å². The number of carbonyl (C=O) groups is 2. The number of benzene rings is 2. The highest BCUT2D eigenvalue weighted by molar-refractivity contribution is 6.29. The van der Waals surface area contributed by atoms with Crippen LogP contribution in [0.3, 0.4) is 0 Å². The maximum atomic E-state index is 11.7. The smallest absolute Gasteiger partial charge is 0.308 e. The van der Waals surface area contributed by atoms with Crippen LogP contribution in [0, 0.1) is 20.8 Å². The zero-order valence-corrected chi connectivity index (χ0v) is 29.2. The third-order valence-corrected chi connectivity index (χ3v) is 7.16. The number of hydrogen-bond acceptors (Lipinski definition) is 10. The molecule has 10 nitrogen and oxygen atoms in total. The topological polar surface area (TPSA) is 128 Å². The van der Waals surface area contributed by atoms with E-state index >= 15 is 0 Å². The predicted molar refractivity (Wildman–Crippen MR) is 183 cm³/mol. The molecule has 0 unspecified atom stereocenters. The minimum Gasteiger partial charge on any atom is -0.426 e. The maximum absolute atomic E-state index is 11.7. The van der Waals surface area contributed by atoms with Gasteiger partial charge in [0.1, 0.15) is 34.6 Å². The number of esters is 2. The highest BCUT2D eigenvalue weighted by Gasteiger charge is 2.29. The molecule has 0 aliphatic carbocycles. The molecule has 2 aromatic carbocycles. The summed E-state index contributed by atoms with van der Waals surface area (Å²) >= 11 is 5.95. The average molecular weight is 647 g/mol. The first kappa shape index (κ1) is 35.9. The second kappa shape index (κ2) is 14.7. The zero-order chi connectivity index (χ0) is 34.4. The average Bonchev–Trinajstić information content (AvgIpc) is 2.94. The molecule has 4 rings (SSSR count). The lowest BCUT2D eigenvalue weighted by Gasteiger charge is -2.30. The molecule has 2 N–H and O–H groups in total. The van der Waals surface area contributed by atoms with Crippen LogP contribution in [0.5, 0.6) is 11.5 Å². The molecular formula is C35H43ClN6O4. The van der Waals surface area contributed by atoms with Crippen LogP contribution in [0.15, 0.2) is 49.2 Å². The minimum atomic E-state index is -0.329. The summed E-state index contributed by atoms with van der Waals surface area (Å²) in [6.07, 6.45) is 6.32. The third-order valence-electron chi connectivity index (χ3n) is 6.95. The van der Waals surface area contributed by atoms with Gasteiger partial charge in [0.15, 0.2) is 0 Å². The van der Waals surface area contributed by atoms with Crippen LogP contribution in [0.1, 0.15) is 83.2 Å². The summed E-state index contributed by atoms with van der Waals surface area (Å²) in [7, 11) is 0. The van der Waals surface area contributed by atoms with Crippen LogP contribution in [0.4, 0.5) is 23.0 Å². The van der Waals surface area contributed by atoms with Crippen molar-refractivity contribution in [1.29, 1.82) is 0 Å². The van der Waals surface area contributed by atoms with Crippen LogP contribution >= 0.6 is 11.6 Å². The molecule has 0 fully saturated rings. The molecule has 0 atom stereocenters. The van der Waals surface area contributed by atoms with E-state index in [2.05, 4.69) is 72.1 Å². The van der Waals surface area contributed by atoms with Gasteiger partial charge < -0.3 is 20.1 Å². The van der Waals surface area contributed by atoms with E-state index in [4.69, 9.17) is 21.1 Å². The number of ether oxygens (including phenoxy) is 2. The molecule has 2 aromatic heterocycles. The largest absolute Gasteiger partial charge is 0.426 e. The fourth-order valence-electron chi connectivity index (χ4n) is 4.61. The van der Waals surface area contributed by atoms with Crippen LogP contribution in [-0.2, 0) is 20.4 Å². The Morgan fingerprint density at radius 2 is 1.30 bits per heavy atom. The molecule has 11 heteroatoms. The van der Waals surface area contributed by atoms with E-state index in [1.54, 1.807) is 24.7 Å².